The van der Waals surface area contributed by atoms with Crippen molar-refractivity contribution in [3.8, 4) is 5.75 Å². The van der Waals surface area contributed by atoms with Crippen LogP contribution in [0.15, 0.2) is 29.8 Å². The van der Waals surface area contributed by atoms with Gasteiger partial charge in [0.05, 0.1) is 12.5 Å². The molecule has 23 heavy (non-hydrogen) atoms. The van der Waals surface area contributed by atoms with Crippen LogP contribution in [0.2, 0.25) is 0 Å². The summed E-state index contributed by atoms with van der Waals surface area (Å²) in [6, 6.07) is 7.29. The average Bonchev–Trinajstić information content (AvgIpc) is 3.18. The van der Waals surface area contributed by atoms with Gasteiger partial charge in [-0.2, -0.15) is 0 Å². The van der Waals surface area contributed by atoms with Gasteiger partial charge in [0, 0.05) is 18.7 Å². The fourth-order valence-corrected chi connectivity index (χ4v) is 2.90. The second-order valence-electron chi connectivity index (χ2n) is 5.07. The van der Waals surface area contributed by atoms with Gasteiger partial charge < -0.3 is 15.0 Å². The molecule has 0 bridgehead atoms. The molecule has 1 fully saturated rings. The van der Waals surface area contributed by atoms with E-state index in [0.29, 0.717) is 18.3 Å². The van der Waals surface area contributed by atoms with Gasteiger partial charge in [-0.05, 0) is 31.2 Å². The Kier molecular flexibility index (Phi) is 4.52. The van der Waals surface area contributed by atoms with Crippen LogP contribution in [0, 0.1) is 5.92 Å². The highest BCUT2D eigenvalue weighted by Crippen LogP contribution is 2.27. The van der Waals surface area contributed by atoms with Gasteiger partial charge in [-0.25, -0.2) is 0 Å². The van der Waals surface area contributed by atoms with Crippen LogP contribution < -0.4 is 15.0 Å². The molecule has 2 amide bonds. The summed E-state index contributed by atoms with van der Waals surface area (Å²) >= 11 is 1.25. The van der Waals surface area contributed by atoms with E-state index in [0.717, 1.165) is 11.4 Å². The number of ether oxygens (including phenoxy) is 1. The molecule has 0 aliphatic carbocycles. The van der Waals surface area contributed by atoms with E-state index in [4.69, 9.17) is 4.74 Å². The van der Waals surface area contributed by atoms with Crippen molar-refractivity contribution < 1.29 is 14.3 Å². The lowest BCUT2D eigenvalue weighted by Crippen LogP contribution is -2.28. The third-order valence-corrected chi connectivity index (χ3v) is 4.15. The number of carbonyl (C=O) groups excluding carboxylic acids is 2. The van der Waals surface area contributed by atoms with E-state index in [1.165, 1.54) is 11.3 Å². The highest BCUT2D eigenvalue weighted by atomic mass is 32.1. The quantitative estimate of drug-likeness (QED) is 0.904. The van der Waals surface area contributed by atoms with Gasteiger partial charge in [0.15, 0.2) is 0 Å². The molecule has 1 aromatic heterocycles. The maximum absolute atomic E-state index is 12.2. The Morgan fingerprint density at radius 2 is 2.22 bits per heavy atom. The topological polar surface area (TPSA) is 84.4 Å². The highest BCUT2D eigenvalue weighted by Gasteiger charge is 2.35. The first-order valence-electron chi connectivity index (χ1n) is 7.27. The van der Waals surface area contributed by atoms with E-state index in [9.17, 15) is 9.59 Å². The first-order chi connectivity index (χ1) is 11.2. The Morgan fingerprint density at radius 1 is 1.43 bits per heavy atom. The van der Waals surface area contributed by atoms with Gasteiger partial charge >= 0.3 is 0 Å². The lowest BCUT2D eigenvalue weighted by molar-refractivity contribution is -0.122. The highest BCUT2D eigenvalue weighted by molar-refractivity contribution is 7.13. The monoisotopic (exact) mass is 332 g/mol. The van der Waals surface area contributed by atoms with Crippen molar-refractivity contribution in [3.63, 3.8) is 0 Å². The Hall–Kier alpha value is -2.48. The summed E-state index contributed by atoms with van der Waals surface area (Å²) in [6.45, 7) is 2.87. The molecule has 1 aromatic carbocycles. The third-order valence-electron chi connectivity index (χ3n) is 3.55. The van der Waals surface area contributed by atoms with Crippen LogP contribution >= 0.6 is 11.3 Å². The van der Waals surface area contributed by atoms with Crippen LogP contribution in [0.5, 0.6) is 5.75 Å². The summed E-state index contributed by atoms with van der Waals surface area (Å²) < 4.78 is 5.39. The largest absolute Gasteiger partial charge is 0.494 e. The third kappa shape index (κ3) is 3.48. The molecule has 1 N–H and O–H groups in total. The number of rotatable bonds is 5. The number of nitrogens with zero attached hydrogens (tertiary/aromatic N) is 3. The van der Waals surface area contributed by atoms with Crippen molar-refractivity contribution in [2.24, 2.45) is 5.92 Å². The van der Waals surface area contributed by atoms with Crippen molar-refractivity contribution >= 4 is 34.0 Å². The molecule has 120 valence electrons. The Morgan fingerprint density at radius 3 is 2.87 bits per heavy atom. The van der Waals surface area contributed by atoms with Gasteiger partial charge in [-0.15, -0.1) is 10.2 Å². The van der Waals surface area contributed by atoms with Crippen LogP contribution in [-0.4, -0.2) is 35.2 Å². The number of hydrogen-bond acceptors (Lipinski definition) is 6. The summed E-state index contributed by atoms with van der Waals surface area (Å²) in [6.07, 6.45) is 0.192. The number of carbonyl (C=O) groups is 2. The zero-order valence-corrected chi connectivity index (χ0v) is 13.4. The molecule has 1 atom stereocenters. The molecule has 1 unspecified atom stereocenters. The Balaban J connectivity index is 1.66. The predicted octanol–water partition coefficient (Wildman–Crippen LogP) is 1.93. The summed E-state index contributed by atoms with van der Waals surface area (Å²) in [7, 11) is 0. The smallest absolute Gasteiger partial charge is 0.231 e. The van der Waals surface area contributed by atoms with Crippen LogP contribution in [-0.2, 0) is 9.59 Å². The number of aromatic nitrogens is 2. The normalized spacial score (nSPS) is 17.3. The average molecular weight is 332 g/mol. The molecule has 1 aliphatic rings. The summed E-state index contributed by atoms with van der Waals surface area (Å²) in [5.41, 5.74) is 2.31. The molecule has 0 saturated carbocycles. The predicted molar refractivity (Wildman–Crippen MR) is 86.6 cm³/mol. The molecule has 8 heteroatoms. The maximum Gasteiger partial charge on any atom is 0.231 e. The first-order valence-corrected chi connectivity index (χ1v) is 8.15. The maximum atomic E-state index is 12.2. The van der Waals surface area contributed by atoms with Crippen LogP contribution in [0.25, 0.3) is 0 Å². The van der Waals surface area contributed by atoms with Gasteiger partial charge in [-0.3, -0.25) is 9.59 Å². The van der Waals surface area contributed by atoms with Crippen LogP contribution in [0.1, 0.15) is 13.3 Å². The molecule has 0 spiro atoms. The second kappa shape index (κ2) is 6.74. The zero-order valence-electron chi connectivity index (χ0n) is 12.6. The Bertz CT molecular complexity index is 687. The lowest BCUT2D eigenvalue weighted by Gasteiger charge is -2.17. The lowest BCUT2D eigenvalue weighted by atomic mass is 10.1. The van der Waals surface area contributed by atoms with E-state index < -0.39 is 5.92 Å². The molecule has 3 rings (SSSR count). The summed E-state index contributed by atoms with van der Waals surface area (Å²) in [5.74, 6) is 0.0986. The number of hydrogen-bond donors (Lipinski definition) is 1. The number of benzene rings is 1. The summed E-state index contributed by atoms with van der Waals surface area (Å²) in [4.78, 5) is 26.0. The van der Waals surface area contributed by atoms with Gasteiger partial charge in [0.1, 0.15) is 11.3 Å². The van der Waals surface area contributed by atoms with E-state index >= 15 is 0 Å². The van der Waals surface area contributed by atoms with E-state index in [2.05, 4.69) is 15.5 Å². The van der Waals surface area contributed by atoms with E-state index in [-0.39, 0.29) is 18.2 Å². The van der Waals surface area contributed by atoms with Crippen LogP contribution in [0.3, 0.4) is 0 Å². The number of anilines is 2. The van der Waals surface area contributed by atoms with Gasteiger partial charge in [0.2, 0.25) is 16.9 Å². The van der Waals surface area contributed by atoms with Crippen molar-refractivity contribution in [2.45, 2.75) is 13.3 Å². The second-order valence-corrected chi connectivity index (χ2v) is 5.90. The minimum absolute atomic E-state index is 0.0634. The number of amides is 2. The fraction of sp³-hybridized carbons (Fsp3) is 0.333. The van der Waals surface area contributed by atoms with E-state index in [1.54, 1.807) is 10.4 Å². The van der Waals surface area contributed by atoms with Crippen molar-refractivity contribution in [1.82, 2.24) is 10.2 Å². The van der Waals surface area contributed by atoms with E-state index in [1.807, 2.05) is 31.2 Å². The molecule has 2 aromatic rings. The first kappa shape index (κ1) is 15.4. The van der Waals surface area contributed by atoms with Gasteiger partial charge in [-0.1, -0.05) is 11.3 Å². The van der Waals surface area contributed by atoms with Crippen molar-refractivity contribution in [1.29, 1.82) is 0 Å². The summed E-state index contributed by atoms with van der Waals surface area (Å²) in [5, 5.41) is 10.6. The minimum Gasteiger partial charge on any atom is -0.494 e. The number of nitrogens with one attached hydrogen (secondary N) is 1. The van der Waals surface area contributed by atoms with Crippen molar-refractivity contribution in [3.05, 3.63) is 29.8 Å². The molecule has 1 saturated heterocycles. The molecule has 7 nitrogen and oxygen atoms in total. The molecular weight excluding hydrogens is 316 g/mol. The molecule has 0 radical (unpaired) electrons. The van der Waals surface area contributed by atoms with Gasteiger partial charge in [0.25, 0.3) is 0 Å². The zero-order chi connectivity index (χ0) is 16.2. The SMILES string of the molecule is CCOc1ccc(N2CC(C(=O)Nc3nncs3)CC2=O)cc1. The standard InChI is InChI=1S/C15H16N4O3S/c1-2-22-12-5-3-11(4-6-12)19-8-10(7-13(19)20)14(21)17-15-18-16-9-23-15/h3-6,9-10H,2,7-8H2,1H3,(H,17,18,21). The Labute approximate surface area is 137 Å². The molecular formula is C15H16N4O3S. The fourth-order valence-electron chi connectivity index (χ4n) is 2.46. The molecule has 2 heterocycles. The minimum atomic E-state index is -0.391. The van der Waals surface area contributed by atoms with Crippen molar-refractivity contribution in [2.75, 3.05) is 23.4 Å². The van der Waals surface area contributed by atoms with Crippen LogP contribution in [0.4, 0.5) is 10.8 Å². The molecule has 1 aliphatic heterocycles.